The van der Waals surface area contributed by atoms with Gasteiger partial charge in [-0.15, -0.1) is 0 Å². The molecule has 9 heteroatoms. The minimum Gasteiger partial charge on any atom is -0.497 e. The molecular weight excluding hydrogens is 525 g/mol. The van der Waals surface area contributed by atoms with Crippen molar-refractivity contribution in [2.24, 2.45) is 0 Å². The van der Waals surface area contributed by atoms with Gasteiger partial charge in [0.15, 0.2) is 0 Å². The maximum absolute atomic E-state index is 13.0. The molecule has 0 aliphatic heterocycles. The summed E-state index contributed by atoms with van der Waals surface area (Å²) in [4.78, 5) is 25.5. The molecule has 40 heavy (non-hydrogen) atoms. The second-order valence-corrected chi connectivity index (χ2v) is 8.93. The van der Waals surface area contributed by atoms with Crippen molar-refractivity contribution >= 4 is 23.0 Å². The van der Waals surface area contributed by atoms with E-state index in [2.05, 4.69) is 0 Å². The first-order valence-electron chi connectivity index (χ1n) is 12.5. The summed E-state index contributed by atoms with van der Waals surface area (Å²) in [5.74, 6) is 0.492. The third-order valence-corrected chi connectivity index (χ3v) is 6.36. The molecule has 0 unspecified atom stereocenters. The van der Waals surface area contributed by atoms with Crippen LogP contribution in [0.3, 0.4) is 0 Å². The molecule has 0 atom stereocenters. The number of hydrogen-bond acceptors (Lipinski definition) is 6. The molecule has 1 aromatic heterocycles. The molecule has 0 fully saturated rings. The van der Waals surface area contributed by atoms with Crippen molar-refractivity contribution in [3.05, 3.63) is 111 Å². The van der Waals surface area contributed by atoms with E-state index in [0.29, 0.717) is 45.7 Å². The Morgan fingerprint density at radius 2 is 1.68 bits per heavy atom. The van der Waals surface area contributed by atoms with Crippen molar-refractivity contribution < 1.29 is 36.6 Å². The van der Waals surface area contributed by atoms with Crippen molar-refractivity contribution in [3.63, 3.8) is 0 Å². The highest BCUT2D eigenvalue weighted by atomic mass is 19.4. The van der Waals surface area contributed by atoms with Crippen LogP contribution in [-0.2, 0) is 28.7 Å². The second kappa shape index (κ2) is 12.1. The number of methoxy groups -OCH3 is 1. The molecule has 4 rings (SSSR count). The van der Waals surface area contributed by atoms with Crippen LogP contribution in [0.25, 0.3) is 17.0 Å². The van der Waals surface area contributed by atoms with Crippen LogP contribution in [0.2, 0.25) is 0 Å². The molecule has 0 radical (unpaired) electrons. The third kappa shape index (κ3) is 6.54. The van der Waals surface area contributed by atoms with E-state index in [1.54, 1.807) is 63.4 Å². The smallest absolute Gasteiger partial charge is 0.416 e. The Morgan fingerprint density at radius 3 is 2.30 bits per heavy atom. The molecule has 3 aromatic carbocycles. The number of alkyl halides is 3. The van der Waals surface area contributed by atoms with E-state index in [0.717, 1.165) is 17.7 Å². The Bertz CT molecular complexity index is 1580. The van der Waals surface area contributed by atoms with E-state index < -0.39 is 23.3 Å². The largest absolute Gasteiger partial charge is 0.497 e. The van der Waals surface area contributed by atoms with Crippen molar-refractivity contribution in [2.45, 2.75) is 33.1 Å². The van der Waals surface area contributed by atoms with Gasteiger partial charge in [0.25, 0.3) is 0 Å². The molecule has 0 spiro atoms. The number of carbonyl (C=O) groups is 1. The van der Waals surface area contributed by atoms with Crippen LogP contribution < -0.4 is 15.1 Å². The Labute approximate surface area is 228 Å². The van der Waals surface area contributed by atoms with Crippen molar-refractivity contribution in [3.8, 4) is 11.5 Å². The van der Waals surface area contributed by atoms with Gasteiger partial charge in [0.2, 0.25) is 0 Å². The van der Waals surface area contributed by atoms with Crippen LogP contribution in [0.4, 0.5) is 13.2 Å². The number of ether oxygens (including phenoxy) is 3. The first kappa shape index (κ1) is 28.5. The average Bonchev–Trinajstić information content (AvgIpc) is 2.93. The van der Waals surface area contributed by atoms with Gasteiger partial charge in [-0.1, -0.05) is 24.3 Å². The van der Waals surface area contributed by atoms with Gasteiger partial charge >= 0.3 is 17.8 Å². The van der Waals surface area contributed by atoms with Gasteiger partial charge in [-0.05, 0) is 73.0 Å². The van der Waals surface area contributed by atoms with E-state index in [1.165, 1.54) is 18.2 Å². The normalized spacial score (nSPS) is 11.7. The number of fused-ring (bicyclic) bond motifs is 1. The second-order valence-electron chi connectivity index (χ2n) is 8.93. The van der Waals surface area contributed by atoms with Gasteiger partial charge in [-0.25, -0.2) is 9.59 Å². The Kier molecular flexibility index (Phi) is 8.62. The fourth-order valence-electron chi connectivity index (χ4n) is 4.21. The van der Waals surface area contributed by atoms with Crippen LogP contribution in [0.15, 0.2) is 76.0 Å². The standard InChI is InChI=1S/C31H27F3O6/c1-4-38-27-15-14-24-19(2)25(17-21-5-10-22(11-6-21)31(32,33)34)30(36)40-29(24)26(27)18-39-28(35)16-9-20-7-12-23(37-3)13-8-20/h5-16H,4,17-18H2,1-3H3/b16-9+. The van der Waals surface area contributed by atoms with Crippen molar-refractivity contribution in [1.82, 2.24) is 0 Å². The highest BCUT2D eigenvalue weighted by molar-refractivity contribution is 5.88. The molecule has 0 aliphatic carbocycles. The minimum absolute atomic E-state index is 0.0932. The topological polar surface area (TPSA) is 75.0 Å². The zero-order valence-corrected chi connectivity index (χ0v) is 22.1. The number of esters is 1. The van der Waals surface area contributed by atoms with Gasteiger partial charge in [0, 0.05) is 23.4 Å². The lowest BCUT2D eigenvalue weighted by molar-refractivity contribution is -0.139. The predicted octanol–water partition coefficient (Wildman–Crippen LogP) is 6.87. The van der Waals surface area contributed by atoms with Gasteiger partial charge in [-0.2, -0.15) is 13.2 Å². The lowest BCUT2D eigenvalue weighted by Crippen LogP contribution is -2.13. The number of hydrogen-bond donors (Lipinski definition) is 0. The van der Waals surface area contributed by atoms with Crippen LogP contribution in [0, 0.1) is 6.92 Å². The Morgan fingerprint density at radius 1 is 0.975 bits per heavy atom. The summed E-state index contributed by atoms with van der Waals surface area (Å²) in [5.41, 5.74) is 1.46. The molecule has 0 bridgehead atoms. The zero-order chi connectivity index (χ0) is 28.9. The molecule has 6 nitrogen and oxygen atoms in total. The summed E-state index contributed by atoms with van der Waals surface area (Å²) in [6, 6.07) is 15.2. The molecule has 1 heterocycles. The van der Waals surface area contributed by atoms with E-state index in [-0.39, 0.29) is 18.6 Å². The van der Waals surface area contributed by atoms with Gasteiger partial charge < -0.3 is 18.6 Å². The zero-order valence-electron chi connectivity index (χ0n) is 22.1. The van der Waals surface area contributed by atoms with Crippen molar-refractivity contribution in [2.75, 3.05) is 13.7 Å². The summed E-state index contributed by atoms with van der Waals surface area (Å²) in [5, 5.41) is 0.602. The molecule has 0 N–H and O–H groups in total. The quantitative estimate of drug-likeness (QED) is 0.128. The van der Waals surface area contributed by atoms with Crippen LogP contribution in [0.5, 0.6) is 11.5 Å². The number of carbonyl (C=O) groups excluding carboxylic acids is 1. The van der Waals surface area contributed by atoms with Gasteiger partial charge in [0.1, 0.15) is 23.7 Å². The lowest BCUT2D eigenvalue weighted by atomic mass is 9.97. The van der Waals surface area contributed by atoms with Crippen molar-refractivity contribution in [1.29, 1.82) is 0 Å². The number of benzene rings is 3. The lowest BCUT2D eigenvalue weighted by Gasteiger charge is -2.15. The number of rotatable bonds is 9. The van der Waals surface area contributed by atoms with E-state index in [4.69, 9.17) is 18.6 Å². The molecule has 0 aliphatic rings. The maximum atomic E-state index is 13.0. The highest BCUT2D eigenvalue weighted by Gasteiger charge is 2.30. The average molecular weight is 553 g/mol. The monoisotopic (exact) mass is 552 g/mol. The van der Waals surface area contributed by atoms with E-state index in [1.807, 2.05) is 0 Å². The highest BCUT2D eigenvalue weighted by Crippen LogP contribution is 2.32. The Hall–Kier alpha value is -4.53. The number of aryl methyl sites for hydroxylation is 1. The Balaban J connectivity index is 1.60. The summed E-state index contributed by atoms with van der Waals surface area (Å²) < 4.78 is 60.7. The summed E-state index contributed by atoms with van der Waals surface area (Å²) in [6.45, 7) is 3.66. The van der Waals surface area contributed by atoms with Gasteiger partial charge in [0.05, 0.1) is 24.8 Å². The molecule has 0 amide bonds. The number of halogens is 3. The minimum atomic E-state index is -4.44. The molecule has 208 valence electrons. The first-order valence-corrected chi connectivity index (χ1v) is 12.5. The molecule has 4 aromatic rings. The molecule has 0 saturated carbocycles. The fraction of sp³-hybridized carbons (Fsp3) is 0.226. The maximum Gasteiger partial charge on any atom is 0.416 e. The molecule has 0 saturated heterocycles. The van der Waals surface area contributed by atoms with Crippen LogP contribution in [-0.4, -0.2) is 19.7 Å². The van der Waals surface area contributed by atoms with E-state index in [9.17, 15) is 22.8 Å². The fourth-order valence-corrected chi connectivity index (χ4v) is 4.21. The SMILES string of the molecule is CCOc1ccc2c(C)c(Cc3ccc(C(F)(F)F)cc3)c(=O)oc2c1COC(=O)/C=C/c1ccc(OC)cc1. The summed E-state index contributed by atoms with van der Waals surface area (Å²) >= 11 is 0. The van der Waals surface area contributed by atoms with Crippen LogP contribution >= 0.6 is 0 Å². The predicted molar refractivity (Wildman–Crippen MR) is 144 cm³/mol. The summed E-state index contributed by atoms with van der Waals surface area (Å²) in [6.07, 6.45) is -1.46. The molecular formula is C31H27F3O6. The van der Waals surface area contributed by atoms with E-state index >= 15 is 0 Å². The third-order valence-electron chi connectivity index (χ3n) is 6.36. The van der Waals surface area contributed by atoms with Gasteiger partial charge in [-0.3, -0.25) is 0 Å². The summed E-state index contributed by atoms with van der Waals surface area (Å²) in [7, 11) is 1.57. The van der Waals surface area contributed by atoms with Crippen LogP contribution in [0.1, 0.15) is 40.3 Å². The first-order chi connectivity index (χ1) is 19.1.